The minimum Gasteiger partial charge on any atom is -0.481 e. The number of H-pyrrole nitrogens is 1. The van der Waals surface area contributed by atoms with E-state index in [-0.39, 0.29) is 5.54 Å². The van der Waals surface area contributed by atoms with Crippen molar-refractivity contribution in [1.29, 1.82) is 0 Å². The van der Waals surface area contributed by atoms with E-state index in [1.165, 1.54) is 53.4 Å². The molecule has 1 aliphatic carbocycles. The Kier molecular flexibility index (Phi) is 10.2. The Balaban J connectivity index is 0.000000289. The Morgan fingerprint density at radius 3 is 2.14 bits per heavy atom. The lowest BCUT2D eigenvalue weighted by Crippen LogP contribution is -2.44. The van der Waals surface area contributed by atoms with Crippen LogP contribution in [0.4, 0.5) is 0 Å². The summed E-state index contributed by atoms with van der Waals surface area (Å²) >= 11 is 0. The average molecular weight is 605 g/mol. The number of carbonyl (C=O) groups is 3. The van der Waals surface area contributed by atoms with Gasteiger partial charge in [0.25, 0.3) is 0 Å². The van der Waals surface area contributed by atoms with Gasteiger partial charge in [-0.1, -0.05) is 48.5 Å². The van der Waals surface area contributed by atoms with Crippen molar-refractivity contribution in [2.75, 3.05) is 14.1 Å². The van der Waals surface area contributed by atoms with Crippen LogP contribution in [0.15, 0.2) is 73.3 Å². The van der Waals surface area contributed by atoms with Crippen LogP contribution in [0, 0.1) is 0 Å². The number of fused-ring (bicyclic) bond motifs is 1. The number of hydrogen-bond acceptors (Lipinski definition) is 6. The van der Waals surface area contributed by atoms with E-state index in [2.05, 4.69) is 94.3 Å². The van der Waals surface area contributed by atoms with Crippen molar-refractivity contribution < 1.29 is 34.8 Å². The highest BCUT2D eigenvalue weighted by Crippen LogP contribution is 2.47. The number of carboxylic acid groups (broad SMARTS) is 3. The van der Waals surface area contributed by atoms with Crippen LogP contribution < -0.4 is 0 Å². The van der Waals surface area contributed by atoms with E-state index in [1.807, 2.05) is 12.5 Å². The lowest BCUT2D eigenvalue weighted by atomic mass is 9.70. The molecule has 2 aromatic heterocycles. The SMILES string of the molecule is CN(C)C1(c2ccccc2)CCC(c2[nH]c3ccccc3c2CCn2ccnc2)CC1.O=C(O)CC(O)(CC(=O)O)C(=O)O. The number of para-hydroxylation sites is 1. The van der Waals surface area contributed by atoms with Gasteiger partial charge in [-0.2, -0.15) is 0 Å². The molecule has 0 saturated heterocycles. The maximum absolute atomic E-state index is 10.3. The van der Waals surface area contributed by atoms with Crippen LogP contribution in [-0.2, 0) is 32.9 Å². The van der Waals surface area contributed by atoms with Gasteiger partial charge in [-0.3, -0.25) is 14.5 Å². The first-order valence-corrected chi connectivity index (χ1v) is 14.6. The number of nitrogens with zero attached hydrogens (tertiary/aromatic N) is 3. The standard InChI is InChI=1S/C27H32N4.C6H8O7/c1-30(2)27(22-8-4-3-5-9-22)15-12-21(13-16-27)26-24(14-18-31-19-17-28-20-31)23-10-6-7-11-25(23)29-26;7-3(8)1-6(13,5(11)12)2-4(9)10/h3-11,17,19-21,29H,12-16,18H2,1-2H3;13H,1-2H2,(H,7,8)(H,9,10)(H,11,12). The van der Waals surface area contributed by atoms with Gasteiger partial charge >= 0.3 is 17.9 Å². The summed E-state index contributed by atoms with van der Waals surface area (Å²) in [4.78, 5) is 41.0. The smallest absolute Gasteiger partial charge is 0.336 e. The van der Waals surface area contributed by atoms with Gasteiger partial charge in [0.2, 0.25) is 0 Å². The summed E-state index contributed by atoms with van der Waals surface area (Å²) < 4.78 is 2.18. The predicted octanol–water partition coefficient (Wildman–Crippen LogP) is 4.47. The molecule has 0 radical (unpaired) electrons. The van der Waals surface area contributed by atoms with Crippen molar-refractivity contribution >= 4 is 28.8 Å². The van der Waals surface area contributed by atoms with Gasteiger partial charge in [-0.25, -0.2) is 9.78 Å². The molecule has 4 aromatic rings. The molecule has 1 aliphatic rings. The third-order valence-corrected chi connectivity index (χ3v) is 8.70. The number of imidazole rings is 1. The molecule has 0 bridgehead atoms. The quantitative estimate of drug-likeness (QED) is 0.166. The average Bonchev–Trinajstić information content (AvgIpc) is 3.64. The third-order valence-electron chi connectivity index (χ3n) is 8.70. The molecule has 0 amide bonds. The van der Waals surface area contributed by atoms with E-state index in [1.54, 1.807) is 0 Å². The molecule has 1 saturated carbocycles. The van der Waals surface area contributed by atoms with Crippen molar-refractivity contribution in [2.24, 2.45) is 0 Å². The molecule has 0 aliphatic heterocycles. The summed E-state index contributed by atoms with van der Waals surface area (Å²) in [5.74, 6) is -4.43. The number of rotatable bonds is 11. The molecule has 2 aromatic carbocycles. The number of hydrogen-bond donors (Lipinski definition) is 5. The van der Waals surface area contributed by atoms with E-state index >= 15 is 0 Å². The molecule has 0 spiro atoms. The largest absolute Gasteiger partial charge is 0.481 e. The number of aliphatic hydroxyl groups is 1. The Labute approximate surface area is 255 Å². The summed E-state index contributed by atoms with van der Waals surface area (Å²) in [6, 6.07) is 19.9. The van der Waals surface area contributed by atoms with Gasteiger partial charge in [0.15, 0.2) is 5.60 Å². The maximum Gasteiger partial charge on any atom is 0.336 e. The number of benzene rings is 2. The fourth-order valence-electron chi connectivity index (χ4n) is 6.34. The number of aliphatic carboxylic acids is 3. The van der Waals surface area contributed by atoms with Crippen LogP contribution in [-0.4, -0.2) is 77.5 Å². The van der Waals surface area contributed by atoms with E-state index in [9.17, 15) is 14.4 Å². The van der Waals surface area contributed by atoms with Gasteiger partial charge in [0.1, 0.15) is 0 Å². The minimum atomic E-state index is -2.74. The van der Waals surface area contributed by atoms with E-state index in [0.717, 1.165) is 13.0 Å². The summed E-state index contributed by atoms with van der Waals surface area (Å²) in [5, 5.41) is 35.2. The highest BCUT2D eigenvalue weighted by Gasteiger charge is 2.41. The third kappa shape index (κ3) is 7.35. The summed E-state index contributed by atoms with van der Waals surface area (Å²) in [6.45, 7) is 0.965. The van der Waals surface area contributed by atoms with Crippen LogP contribution in [0.3, 0.4) is 0 Å². The van der Waals surface area contributed by atoms with Crippen LogP contribution >= 0.6 is 0 Å². The first kappa shape index (κ1) is 32.4. The molecule has 11 nitrogen and oxygen atoms in total. The molecule has 0 atom stereocenters. The van der Waals surface area contributed by atoms with Crippen molar-refractivity contribution in [3.05, 3.63) is 90.1 Å². The van der Waals surface area contributed by atoms with Crippen molar-refractivity contribution in [3.63, 3.8) is 0 Å². The second-order valence-corrected chi connectivity index (χ2v) is 11.7. The molecule has 5 N–H and O–H groups in total. The van der Waals surface area contributed by atoms with Gasteiger partial charge in [0, 0.05) is 41.1 Å². The predicted molar refractivity (Wildman–Crippen MR) is 164 cm³/mol. The Morgan fingerprint density at radius 2 is 1.59 bits per heavy atom. The zero-order chi connectivity index (χ0) is 31.9. The highest BCUT2D eigenvalue weighted by molar-refractivity contribution is 5.88. The number of aromatic amines is 1. The summed E-state index contributed by atoms with van der Waals surface area (Å²) in [5.41, 5.74) is 3.08. The van der Waals surface area contributed by atoms with Crippen LogP contribution in [0.2, 0.25) is 0 Å². The molecule has 234 valence electrons. The van der Waals surface area contributed by atoms with Gasteiger partial charge in [-0.15, -0.1) is 0 Å². The van der Waals surface area contributed by atoms with Crippen LogP contribution in [0.5, 0.6) is 0 Å². The topological polar surface area (TPSA) is 169 Å². The lowest BCUT2D eigenvalue weighted by Gasteiger charge is -2.45. The zero-order valence-electron chi connectivity index (χ0n) is 25.0. The molecule has 5 rings (SSSR count). The molecule has 0 unspecified atom stereocenters. The normalized spacial score (nSPS) is 18.5. The Bertz CT molecular complexity index is 1540. The second kappa shape index (κ2) is 13.9. The molecule has 1 fully saturated rings. The van der Waals surface area contributed by atoms with Gasteiger partial charge in [-0.05, 0) is 69.3 Å². The Hall–Kier alpha value is -4.48. The monoisotopic (exact) mass is 604 g/mol. The summed E-state index contributed by atoms with van der Waals surface area (Å²) in [6.07, 6.45) is 9.36. The Morgan fingerprint density at radius 1 is 0.977 bits per heavy atom. The van der Waals surface area contributed by atoms with E-state index < -0.39 is 36.4 Å². The first-order valence-electron chi connectivity index (χ1n) is 14.6. The molecular weight excluding hydrogens is 564 g/mol. The molecule has 44 heavy (non-hydrogen) atoms. The lowest BCUT2D eigenvalue weighted by molar-refractivity contribution is -0.170. The van der Waals surface area contributed by atoms with E-state index in [0.29, 0.717) is 5.92 Å². The van der Waals surface area contributed by atoms with Crippen molar-refractivity contribution in [3.8, 4) is 0 Å². The van der Waals surface area contributed by atoms with E-state index in [4.69, 9.17) is 20.4 Å². The van der Waals surface area contributed by atoms with Gasteiger partial charge in [0.05, 0.1) is 19.2 Å². The summed E-state index contributed by atoms with van der Waals surface area (Å²) in [7, 11) is 4.49. The van der Waals surface area contributed by atoms with Crippen molar-refractivity contribution in [2.45, 2.75) is 68.5 Å². The first-order chi connectivity index (χ1) is 20.9. The number of aromatic nitrogens is 3. The fraction of sp³-hybridized carbons (Fsp3) is 0.394. The van der Waals surface area contributed by atoms with Crippen molar-refractivity contribution in [1.82, 2.24) is 19.4 Å². The van der Waals surface area contributed by atoms with Gasteiger partial charge < -0.3 is 30.0 Å². The fourth-order valence-corrected chi connectivity index (χ4v) is 6.34. The number of carboxylic acids is 3. The van der Waals surface area contributed by atoms with Crippen LogP contribution in [0.1, 0.15) is 61.3 Å². The molecule has 2 heterocycles. The highest BCUT2D eigenvalue weighted by atomic mass is 16.4. The number of nitrogens with one attached hydrogen (secondary N) is 1. The second-order valence-electron chi connectivity index (χ2n) is 11.7. The van der Waals surface area contributed by atoms with Crippen LogP contribution in [0.25, 0.3) is 10.9 Å². The molecule has 11 heteroatoms. The zero-order valence-corrected chi connectivity index (χ0v) is 25.0. The molecular formula is C33H40N4O7. The number of aryl methyl sites for hydroxylation is 2. The maximum atomic E-state index is 10.3. The minimum absolute atomic E-state index is 0.140.